The van der Waals surface area contributed by atoms with E-state index in [1.54, 1.807) is 10.9 Å². The van der Waals surface area contributed by atoms with Gasteiger partial charge in [0.1, 0.15) is 0 Å². The van der Waals surface area contributed by atoms with Gasteiger partial charge in [0, 0.05) is 24.0 Å². The summed E-state index contributed by atoms with van der Waals surface area (Å²) in [7, 11) is 0. The van der Waals surface area contributed by atoms with Crippen LogP contribution >= 0.6 is 0 Å². The summed E-state index contributed by atoms with van der Waals surface area (Å²) in [4.78, 5) is 4.36. The maximum absolute atomic E-state index is 5.94. The Kier molecular flexibility index (Phi) is 3.24. The first kappa shape index (κ1) is 11.8. The van der Waals surface area contributed by atoms with Gasteiger partial charge in [0.05, 0.1) is 5.69 Å². The minimum absolute atomic E-state index is 0.0506. The maximum atomic E-state index is 5.94. The summed E-state index contributed by atoms with van der Waals surface area (Å²) < 4.78 is 1.80. The van der Waals surface area contributed by atoms with E-state index in [0.29, 0.717) is 5.92 Å². The Hall–Kier alpha value is -1.68. The number of hydrogen-bond donors (Lipinski definition) is 1. The molecule has 0 spiro atoms. The molecule has 2 N–H and O–H groups in total. The van der Waals surface area contributed by atoms with E-state index >= 15 is 0 Å². The predicted molar refractivity (Wildman–Crippen MR) is 68.1 cm³/mol. The van der Waals surface area contributed by atoms with Gasteiger partial charge in [-0.15, -0.1) is 0 Å². The van der Waals surface area contributed by atoms with Crippen LogP contribution < -0.4 is 5.73 Å². The number of nitrogens with zero attached hydrogens (tertiary/aromatic N) is 3. The van der Waals surface area contributed by atoms with Gasteiger partial charge in [-0.1, -0.05) is 19.9 Å². The normalized spacial score (nSPS) is 13.0. The molecule has 0 bridgehead atoms. The van der Waals surface area contributed by atoms with Crippen LogP contribution in [0.3, 0.4) is 0 Å². The van der Waals surface area contributed by atoms with Crippen molar-refractivity contribution in [3.8, 4) is 5.82 Å². The van der Waals surface area contributed by atoms with E-state index in [-0.39, 0.29) is 6.04 Å². The quantitative estimate of drug-likeness (QED) is 0.881. The molecule has 4 heteroatoms. The van der Waals surface area contributed by atoms with Gasteiger partial charge in [0.2, 0.25) is 0 Å². The van der Waals surface area contributed by atoms with Gasteiger partial charge in [-0.3, -0.25) is 0 Å². The smallest absolute Gasteiger partial charge is 0.158 e. The summed E-state index contributed by atoms with van der Waals surface area (Å²) in [6.07, 6.45) is 3.70. The summed E-state index contributed by atoms with van der Waals surface area (Å²) in [6.45, 7) is 6.20. The van der Waals surface area contributed by atoms with Gasteiger partial charge in [0.15, 0.2) is 5.82 Å². The second kappa shape index (κ2) is 4.67. The molecule has 1 unspecified atom stereocenters. The molecule has 2 aromatic rings. The van der Waals surface area contributed by atoms with Crippen molar-refractivity contribution in [3.63, 3.8) is 0 Å². The highest BCUT2D eigenvalue weighted by Gasteiger charge is 2.11. The SMILES string of the molecule is CC(C)c1ccn(-c2ncccc2C(C)N)n1. The number of hydrogen-bond acceptors (Lipinski definition) is 3. The van der Waals surface area contributed by atoms with Gasteiger partial charge in [-0.05, 0) is 25.0 Å². The van der Waals surface area contributed by atoms with Crippen molar-refractivity contribution in [2.24, 2.45) is 5.73 Å². The fourth-order valence-corrected chi connectivity index (χ4v) is 1.72. The fraction of sp³-hybridized carbons (Fsp3) is 0.385. The Balaban J connectivity index is 2.45. The number of aromatic nitrogens is 3. The lowest BCUT2D eigenvalue weighted by atomic mass is 10.1. The zero-order chi connectivity index (χ0) is 12.4. The monoisotopic (exact) mass is 230 g/mol. The molecule has 1 atom stereocenters. The summed E-state index contributed by atoms with van der Waals surface area (Å²) in [5, 5.41) is 4.52. The highest BCUT2D eigenvalue weighted by molar-refractivity contribution is 5.35. The Morgan fingerprint density at radius 1 is 1.24 bits per heavy atom. The number of nitrogens with two attached hydrogens (primary N) is 1. The van der Waals surface area contributed by atoms with Crippen LogP contribution in [0.2, 0.25) is 0 Å². The van der Waals surface area contributed by atoms with Crippen molar-refractivity contribution in [2.75, 3.05) is 0 Å². The first-order valence-electron chi connectivity index (χ1n) is 5.86. The first-order valence-corrected chi connectivity index (χ1v) is 5.86. The molecule has 0 aliphatic carbocycles. The topological polar surface area (TPSA) is 56.7 Å². The average Bonchev–Trinajstić information content (AvgIpc) is 2.78. The molecule has 0 saturated heterocycles. The molecule has 0 aliphatic rings. The number of rotatable bonds is 3. The second-order valence-electron chi connectivity index (χ2n) is 4.54. The molecular weight excluding hydrogens is 212 g/mol. The molecule has 0 amide bonds. The maximum Gasteiger partial charge on any atom is 0.158 e. The van der Waals surface area contributed by atoms with Crippen molar-refractivity contribution < 1.29 is 0 Å². The first-order chi connectivity index (χ1) is 8.09. The van der Waals surface area contributed by atoms with Crippen LogP contribution in [0.1, 0.15) is 44.0 Å². The lowest BCUT2D eigenvalue weighted by Crippen LogP contribution is -2.11. The number of pyridine rings is 1. The molecule has 0 aliphatic heterocycles. The largest absolute Gasteiger partial charge is 0.324 e. The average molecular weight is 230 g/mol. The van der Waals surface area contributed by atoms with Gasteiger partial charge in [0.25, 0.3) is 0 Å². The van der Waals surface area contributed by atoms with Gasteiger partial charge in [-0.2, -0.15) is 5.10 Å². The molecule has 2 rings (SSSR count). The molecule has 0 saturated carbocycles. The van der Waals surface area contributed by atoms with Crippen molar-refractivity contribution in [3.05, 3.63) is 41.9 Å². The van der Waals surface area contributed by atoms with Crippen LogP contribution in [-0.4, -0.2) is 14.8 Å². The predicted octanol–water partition coefficient (Wildman–Crippen LogP) is 2.41. The fourth-order valence-electron chi connectivity index (χ4n) is 1.72. The second-order valence-corrected chi connectivity index (χ2v) is 4.54. The van der Waals surface area contributed by atoms with Crippen LogP contribution in [0, 0.1) is 0 Å². The lowest BCUT2D eigenvalue weighted by Gasteiger charge is -2.11. The summed E-state index contributed by atoms with van der Waals surface area (Å²) in [6, 6.07) is 5.86. The third kappa shape index (κ3) is 2.36. The van der Waals surface area contributed by atoms with Crippen molar-refractivity contribution in [1.82, 2.24) is 14.8 Å². The standard InChI is InChI=1S/C13H18N4/c1-9(2)12-6-8-17(16-12)13-11(10(3)14)5-4-7-15-13/h4-10H,14H2,1-3H3. The molecule has 90 valence electrons. The molecular formula is C13H18N4. The van der Waals surface area contributed by atoms with Crippen molar-refractivity contribution >= 4 is 0 Å². The highest BCUT2D eigenvalue weighted by atomic mass is 15.3. The Bertz CT molecular complexity index is 500. The van der Waals surface area contributed by atoms with Gasteiger partial charge >= 0.3 is 0 Å². The molecule has 2 aromatic heterocycles. The summed E-state index contributed by atoms with van der Waals surface area (Å²) >= 11 is 0. The van der Waals surface area contributed by atoms with Crippen LogP contribution in [0.5, 0.6) is 0 Å². The summed E-state index contributed by atoms with van der Waals surface area (Å²) in [5.74, 6) is 1.23. The third-order valence-electron chi connectivity index (χ3n) is 2.73. The zero-order valence-corrected chi connectivity index (χ0v) is 10.5. The molecule has 2 heterocycles. The molecule has 4 nitrogen and oxygen atoms in total. The Morgan fingerprint density at radius 2 is 2.00 bits per heavy atom. The van der Waals surface area contributed by atoms with E-state index in [0.717, 1.165) is 17.1 Å². The highest BCUT2D eigenvalue weighted by Crippen LogP contribution is 2.18. The Morgan fingerprint density at radius 3 is 2.59 bits per heavy atom. The van der Waals surface area contributed by atoms with E-state index < -0.39 is 0 Å². The van der Waals surface area contributed by atoms with Crippen molar-refractivity contribution in [1.29, 1.82) is 0 Å². The molecule has 0 radical (unpaired) electrons. The van der Waals surface area contributed by atoms with Crippen LogP contribution in [-0.2, 0) is 0 Å². The van der Waals surface area contributed by atoms with E-state index in [1.165, 1.54) is 0 Å². The van der Waals surface area contributed by atoms with E-state index in [9.17, 15) is 0 Å². The van der Waals surface area contributed by atoms with E-state index in [4.69, 9.17) is 5.73 Å². The molecule has 0 fully saturated rings. The van der Waals surface area contributed by atoms with Gasteiger partial charge in [-0.25, -0.2) is 9.67 Å². The Labute approximate surface area is 101 Å². The lowest BCUT2D eigenvalue weighted by molar-refractivity contribution is 0.730. The molecule has 0 aromatic carbocycles. The van der Waals surface area contributed by atoms with E-state index in [1.807, 2.05) is 31.3 Å². The minimum atomic E-state index is -0.0506. The van der Waals surface area contributed by atoms with Crippen molar-refractivity contribution in [2.45, 2.75) is 32.7 Å². The zero-order valence-electron chi connectivity index (χ0n) is 10.5. The molecule has 17 heavy (non-hydrogen) atoms. The van der Waals surface area contributed by atoms with Crippen LogP contribution in [0.25, 0.3) is 5.82 Å². The van der Waals surface area contributed by atoms with Crippen LogP contribution in [0.4, 0.5) is 0 Å². The van der Waals surface area contributed by atoms with Crippen LogP contribution in [0.15, 0.2) is 30.6 Å². The van der Waals surface area contributed by atoms with Gasteiger partial charge < -0.3 is 5.73 Å². The third-order valence-corrected chi connectivity index (χ3v) is 2.73. The van der Waals surface area contributed by atoms with E-state index in [2.05, 4.69) is 23.9 Å². The summed E-state index contributed by atoms with van der Waals surface area (Å²) in [5.41, 5.74) is 8.00. The minimum Gasteiger partial charge on any atom is -0.324 e.